The van der Waals surface area contributed by atoms with Gasteiger partial charge in [0.25, 0.3) is 0 Å². The van der Waals surface area contributed by atoms with E-state index in [-0.39, 0.29) is 12.6 Å². The Morgan fingerprint density at radius 1 is 1.50 bits per heavy atom. The molecule has 0 radical (unpaired) electrons. The fourth-order valence-electron chi connectivity index (χ4n) is 2.53. The second-order valence-electron chi connectivity index (χ2n) is 4.45. The summed E-state index contributed by atoms with van der Waals surface area (Å²) in [7, 11) is 0. The summed E-state index contributed by atoms with van der Waals surface area (Å²) in [5.41, 5.74) is 0. The first-order valence-corrected chi connectivity index (χ1v) is 5.18. The van der Waals surface area contributed by atoms with Crippen LogP contribution in [0.2, 0.25) is 0 Å². The van der Waals surface area contributed by atoms with E-state index >= 15 is 0 Å². The number of hydrogen-bond acceptors (Lipinski definition) is 2. The highest BCUT2D eigenvalue weighted by atomic mass is 16.3. The minimum absolute atomic E-state index is 0.272. The minimum Gasteiger partial charge on any atom is -0.395 e. The van der Waals surface area contributed by atoms with Crippen molar-refractivity contribution in [3.8, 4) is 0 Å². The first-order valence-electron chi connectivity index (χ1n) is 5.18. The van der Waals surface area contributed by atoms with Crippen LogP contribution < -0.4 is 5.32 Å². The maximum Gasteiger partial charge on any atom is 0.0582 e. The minimum atomic E-state index is 0.272. The second kappa shape index (κ2) is 3.35. The van der Waals surface area contributed by atoms with Crippen LogP contribution in [0.25, 0.3) is 0 Å². The molecule has 0 bridgehead atoms. The Kier molecular flexibility index (Phi) is 2.37. The number of nitrogens with one attached hydrogen (secondary N) is 1. The molecule has 2 rings (SSSR count). The Hall–Kier alpha value is -0.0800. The molecule has 2 nitrogen and oxygen atoms in total. The first kappa shape index (κ1) is 8.52. The quantitative estimate of drug-likeness (QED) is 0.664. The predicted molar refractivity (Wildman–Crippen MR) is 48.9 cm³/mol. The Bertz CT molecular complexity index is 160. The number of rotatable bonds is 3. The van der Waals surface area contributed by atoms with Crippen molar-refractivity contribution >= 4 is 0 Å². The van der Waals surface area contributed by atoms with Crippen molar-refractivity contribution in [1.29, 1.82) is 0 Å². The molecular weight excluding hydrogens is 150 g/mol. The summed E-state index contributed by atoms with van der Waals surface area (Å²) in [6.45, 7) is 2.33. The van der Waals surface area contributed by atoms with Crippen LogP contribution in [0.3, 0.4) is 0 Å². The van der Waals surface area contributed by atoms with Crippen LogP contribution in [0.5, 0.6) is 0 Å². The predicted octanol–water partition coefficient (Wildman–Crippen LogP) is 1.15. The van der Waals surface area contributed by atoms with E-state index in [9.17, 15) is 0 Å². The van der Waals surface area contributed by atoms with E-state index in [2.05, 4.69) is 12.2 Å². The van der Waals surface area contributed by atoms with Gasteiger partial charge in [-0.1, -0.05) is 12.8 Å². The van der Waals surface area contributed by atoms with E-state index in [4.69, 9.17) is 5.11 Å². The maximum absolute atomic E-state index is 8.90. The highest BCUT2D eigenvalue weighted by Crippen LogP contribution is 2.49. The molecule has 0 aliphatic heterocycles. The van der Waals surface area contributed by atoms with Crippen LogP contribution in [0.15, 0.2) is 0 Å². The summed E-state index contributed by atoms with van der Waals surface area (Å²) in [4.78, 5) is 0. The zero-order valence-corrected chi connectivity index (χ0v) is 7.79. The van der Waals surface area contributed by atoms with Crippen molar-refractivity contribution in [3.63, 3.8) is 0 Å². The lowest BCUT2D eigenvalue weighted by Gasteiger charge is -2.25. The fraction of sp³-hybridized carbons (Fsp3) is 1.00. The summed E-state index contributed by atoms with van der Waals surface area (Å²) >= 11 is 0. The van der Waals surface area contributed by atoms with Gasteiger partial charge in [0.2, 0.25) is 0 Å². The standard InChI is InChI=1S/C10H19NO/c1-7(6-12)11-10-4-2-3-8-5-9(8)10/h7-12H,2-6H2,1H3/t7-,8-,9+,10?/m0/s1. The summed E-state index contributed by atoms with van der Waals surface area (Å²) in [6, 6.07) is 1.00. The molecule has 2 saturated carbocycles. The van der Waals surface area contributed by atoms with Crippen LogP contribution in [0.4, 0.5) is 0 Å². The maximum atomic E-state index is 8.90. The number of aliphatic hydroxyl groups is 1. The van der Waals surface area contributed by atoms with Crippen molar-refractivity contribution in [3.05, 3.63) is 0 Å². The molecule has 0 spiro atoms. The molecule has 70 valence electrons. The lowest BCUT2D eigenvalue weighted by atomic mass is 9.95. The molecule has 2 fully saturated rings. The number of aliphatic hydroxyl groups excluding tert-OH is 1. The third-order valence-electron chi connectivity index (χ3n) is 3.36. The number of fused-ring (bicyclic) bond motifs is 1. The van der Waals surface area contributed by atoms with E-state index in [1.807, 2.05) is 0 Å². The first-order chi connectivity index (χ1) is 5.81. The smallest absolute Gasteiger partial charge is 0.0582 e. The third-order valence-corrected chi connectivity index (χ3v) is 3.36. The van der Waals surface area contributed by atoms with E-state index in [1.165, 1.54) is 25.7 Å². The van der Waals surface area contributed by atoms with Gasteiger partial charge in [-0.3, -0.25) is 0 Å². The van der Waals surface area contributed by atoms with Gasteiger partial charge in [0.15, 0.2) is 0 Å². The Morgan fingerprint density at radius 3 is 3.08 bits per heavy atom. The van der Waals surface area contributed by atoms with Crippen LogP contribution in [0.1, 0.15) is 32.6 Å². The fourth-order valence-corrected chi connectivity index (χ4v) is 2.53. The zero-order valence-electron chi connectivity index (χ0n) is 7.79. The Morgan fingerprint density at radius 2 is 2.33 bits per heavy atom. The third kappa shape index (κ3) is 1.64. The van der Waals surface area contributed by atoms with Crippen molar-refractivity contribution < 1.29 is 5.11 Å². The highest BCUT2D eigenvalue weighted by molar-refractivity contribution is 4.98. The van der Waals surface area contributed by atoms with Crippen LogP contribution in [-0.2, 0) is 0 Å². The van der Waals surface area contributed by atoms with Crippen molar-refractivity contribution in [2.45, 2.75) is 44.7 Å². The summed E-state index contributed by atoms with van der Waals surface area (Å²) in [5, 5.41) is 12.4. The average molecular weight is 169 g/mol. The van der Waals surface area contributed by atoms with Gasteiger partial charge in [0.1, 0.15) is 0 Å². The molecule has 2 N–H and O–H groups in total. The SMILES string of the molecule is C[C@@H](CO)NC1CCC[C@H]2C[C@@H]12. The largest absolute Gasteiger partial charge is 0.395 e. The monoisotopic (exact) mass is 169 g/mol. The molecule has 2 heteroatoms. The molecule has 0 heterocycles. The van der Waals surface area contributed by atoms with Gasteiger partial charge in [0.05, 0.1) is 6.61 Å². The van der Waals surface area contributed by atoms with Crippen LogP contribution in [-0.4, -0.2) is 23.8 Å². The van der Waals surface area contributed by atoms with E-state index in [0.717, 1.165) is 11.8 Å². The molecule has 0 saturated heterocycles. The van der Waals surface area contributed by atoms with Crippen molar-refractivity contribution in [1.82, 2.24) is 5.32 Å². The van der Waals surface area contributed by atoms with E-state index in [0.29, 0.717) is 6.04 Å². The van der Waals surface area contributed by atoms with Gasteiger partial charge >= 0.3 is 0 Å². The molecular formula is C10H19NO. The van der Waals surface area contributed by atoms with Crippen molar-refractivity contribution in [2.24, 2.45) is 11.8 Å². The lowest BCUT2D eigenvalue weighted by molar-refractivity contribution is 0.223. The zero-order chi connectivity index (χ0) is 8.55. The highest BCUT2D eigenvalue weighted by Gasteiger charge is 2.45. The average Bonchev–Trinajstić information content (AvgIpc) is 2.84. The summed E-state index contributed by atoms with van der Waals surface area (Å²) in [6.07, 6.45) is 5.61. The molecule has 0 amide bonds. The summed E-state index contributed by atoms with van der Waals surface area (Å²) in [5.74, 6) is 1.98. The Balaban J connectivity index is 1.79. The normalized spacial score (nSPS) is 42.0. The van der Waals surface area contributed by atoms with Gasteiger partial charge < -0.3 is 10.4 Å². The molecule has 0 aromatic carbocycles. The molecule has 0 aromatic heterocycles. The van der Waals surface area contributed by atoms with Gasteiger partial charge in [-0.05, 0) is 31.6 Å². The van der Waals surface area contributed by atoms with Gasteiger partial charge in [0, 0.05) is 12.1 Å². The Labute approximate surface area is 74.4 Å². The van der Waals surface area contributed by atoms with Gasteiger partial charge in [-0.15, -0.1) is 0 Å². The van der Waals surface area contributed by atoms with Crippen LogP contribution >= 0.6 is 0 Å². The number of hydrogen-bond donors (Lipinski definition) is 2. The van der Waals surface area contributed by atoms with E-state index < -0.39 is 0 Å². The van der Waals surface area contributed by atoms with Crippen molar-refractivity contribution in [2.75, 3.05) is 6.61 Å². The van der Waals surface area contributed by atoms with Gasteiger partial charge in [-0.25, -0.2) is 0 Å². The lowest BCUT2D eigenvalue weighted by Crippen LogP contribution is -2.41. The second-order valence-corrected chi connectivity index (χ2v) is 4.45. The topological polar surface area (TPSA) is 32.3 Å². The molecule has 2 aliphatic rings. The summed E-state index contributed by atoms with van der Waals surface area (Å²) < 4.78 is 0. The van der Waals surface area contributed by atoms with Gasteiger partial charge in [-0.2, -0.15) is 0 Å². The molecule has 2 aliphatic carbocycles. The van der Waals surface area contributed by atoms with E-state index in [1.54, 1.807) is 0 Å². The molecule has 0 aromatic rings. The molecule has 12 heavy (non-hydrogen) atoms. The van der Waals surface area contributed by atoms with Crippen LogP contribution in [0, 0.1) is 11.8 Å². The molecule has 4 atom stereocenters. The molecule has 1 unspecified atom stereocenters.